The Kier molecular flexibility index (Phi) is 11.6. The number of hydrogen-bond acceptors (Lipinski definition) is 3. The van der Waals surface area contributed by atoms with Gasteiger partial charge in [-0.15, -0.1) is 0 Å². The van der Waals surface area contributed by atoms with E-state index in [1.807, 2.05) is 29.2 Å². The first-order chi connectivity index (χ1) is 15.2. The van der Waals surface area contributed by atoms with Crippen LogP contribution in [-0.4, -0.2) is 37.6 Å². The van der Waals surface area contributed by atoms with E-state index in [2.05, 4.69) is 38.1 Å². The van der Waals surface area contributed by atoms with Gasteiger partial charge in [0.05, 0.1) is 13.7 Å². The zero-order valence-electron chi connectivity index (χ0n) is 19.6. The average molecular weight is 426 g/mol. The van der Waals surface area contributed by atoms with Gasteiger partial charge in [0.15, 0.2) is 0 Å². The van der Waals surface area contributed by atoms with Crippen molar-refractivity contribution in [3.63, 3.8) is 0 Å². The number of carbonyl (C=O) groups is 1. The second kappa shape index (κ2) is 14.5. The molecule has 0 saturated carbocycles. The Morgan fingerprint density at radius 3 is 2.00 bits per heavy atom. The van der Waals surface area contributed by atoms with Crippen LogP contribution in [-0.2, 0) is 17.6 Å². The summed E-state index contributed by atoms with van der Waals surface area (Å²) in [6, 6.07) is 16.3. The molecule has 2 rings (SSSR count). The minimum absolute atomic E-state index is 0.243. The molecule has 0 radical (unpaired) electrons. The molecule has 0 heterocycles. The third-order valence-corrected chi connectivity index (χ3v) is 5.53. The molecule has 0 aromatic heterocycles. The van der Waals surface area contributed by atoms with Crippen molar-refractivity contribution >= 4 is 5.91 Å². The maximum Gasteiger partial charge on any atom is 0.222 e. The fourth-order valence-corrected chi connectivity index (χ4v) is 3.47. The van der Waals surface area contributed by atoms with Gasteiger partial charge < -0.3 is 14.4 Å². The standard InChI is InChI=1S/C27H39NO3/c1-4-6-8-20-28(21-19-24-9-14-25(30-3)15-10-24)27(29)18-13-23-11-16-26(17-12-23)31-22-7-5-2/h9-12,14-17H,4-8,13,18-22H2,1-3H3. The average Bonchev–Trinajstić information content (AvgIpc) is 2.81. The third kappa shape index (κ3) is 9.46. The largest absolute Gasteiger partial charge is 0.497 e. The molecule has 0 saturated heterocycles. The molecule has 4 nitrogen and oxygen atoms in total. The lowest BCUT2D eigenvalue weighted by Gasteiger charge is -2.23. The summed E-state index contributed by atoms with van der Waals surface area (Å²) in [5, 5.41) is 0. The van der Waals surface area contributed by atoms with E-state index in [1.54, 1.807) is 7.11 Å². The highest BCUT2D eigenvalue weighted by Gasteiger charge is 2.13. The molecule has 31 heavy (non-hydrogen) atoms. The highest BCUT2D eigenvalue weighted by atomic mass is 16.5. The lowest BCUT2D eigenvalue weighted by atomic mass is 10.1. The number of carbonyl (C=O) groups excluding carboxylic acids is 1. The monoisotopic (exact) mass is 425 g/mol. The highest BCUT2D eigenvalue weighted by molar-refractivity contribution is 5.76. The van der Waals surface area contributed by atoms with Crippen LogP contribution in [0, 0.1) is 0 Å². The van der Waals surface area contributed by atoms with Crippen molar-refractivity contribution in [2.45, 2.75) is 65.2 Å². The number of unbranched alkanes of at least 4 members (excludes halogenated alkanes) is 3. The predicted molar refractivity (Wildman–Crippen MR) is 128 cm³/mol. The highest BCUT2D eigenvalue weighted by Crippen LogP contribution is 2.16. The van der Waals surface area contributed by atoms with Crippen LogP contribution >= 0.6 is 0 Å². The van der Waals surface area contributed by atoms with Crippen molar-refractivity contribution in [2.75, 3.05) is 26.8 Å². The molecule has 2 aromatic rings. The molecular formula is C27H39NO3. The van der Waals surface area contributed by atoms with E-state index in [0.29, 0.717) is 6.42 Å². The van der Waals surface area contributed by atoms with Crippen LogP contribution in [0.15, 0.2) is 48.5 Å². The molecule has 0 aliphatic heterocycles. The number of methoxy groups -OCH3 is 1. The SMILES string of the molecule is CCCCCN(CCc1ccc(OC)cc1)C(=O)CCc1ccc(OCCCC)cc1. The smallest absolute Gasteiger partial charge is 0.222 e. The Morgan fingerprint density at radius 1 is 0.774 bits per heavy atom. The summed E-state index contributed by atoms with van der Waals surface area (Å²) in [5.74, 6) is 2.01. The topological polar surface area (TPSA) is 38.8 Å². The molecule has 0 bridgehead atoms. The van der Waals surface area contributed by atoms with E-state index < -0.39 is 0 Å². The van der Waals surface area contributed by atoms with Gasteiger partial charge in [0, 0.05) is 19.5 Å². The van der Waals surface area contributed by atoms with Gasteiger partial charge in [0.2, 0.25) is 5.91 Å². The van der Waals surface area contributed by atoms with Gasteiger partial charge in [-0.2, -0.15) is 0 Å². The number of amides is 1. The molecule has 0 spiro atoms. The zero-order chi connectivity index (χ0) is 22.3. The van der Waals surface area contributed by atoms with Crippen LogP contribution in [0.5, 0.6) is 11.5 Å². The summed E-state index contributed by atoms with van der Waals surface area (Å²) in [6.07, 6.45) is 7.76. The summed E-state index contributed by atoms with van der Waals surface area (Å²) < 4.78 is 11.0. The molecule has 0 aliphatic rings. The second-order valence-corrected chi connectivity index (χ2v) is 8.03. The molecular weight excluding hydrogens is 386 g/mol. The van der Waals surface area contributed by atoms with Crippen molar-refractivity contribution in [1.82, 2.24) is 4.90 Å². The van der Waals surface area contributed by atoms with Crippen molar-refractivity contribution in [3.8, 4) is 11.5 Å². The van der Waals surface area contributed by atoms with Crippen LogP contribution in [0.25, 0.3) is 0 Å². The normalized spacial score (nSPS) is 10.7. The third-order valence-electron chi connectivity index (χ3n) is 5.53. The Hall–Kier alpha value is -2.49. The van der Waals surface area contributed by atoms with Gasteiger partial charge in [0.1, 0.15) is 11.5 Å². The lowest BCUT2D eigenvalue weighted by Crippen LogP contribution is -2.34. The van der Waals surface area contributed by atoms with Crippen molar-refractivity contribution in [2.24, 2.45) is 0 Å². The van der Waals surface area contributed by atoms with Crippen molar-refractivity contribution < 1.29 is 14.3 Å². The fraction of sp³-hybridized carbons (Fsp3) is 0.519. The number of rotatable bonds is 15. The van der Waals surface area contributed by atoms with E-state index in [-0.39, 0.29) is 5.91 Å². The van der Waals surface area contributed by atoms with E-state index in [4.69, 9.17) is 9.47 Å². The van der Waals surface area contributed by atoms with Gasteiger partial charge in [-0.25, -0.2) is 0 Å². The minimum Gasteiger partial charge on any atom is -0.497 e. The Labute approximate surface area is 188 Å². The molecule has 0 atom stereocenters. The van der Waals surface area contributed by atoms with Crippen LogP contribution in [0.2, 0.25) is 0 Å². The summed E-state index contributed by atoms with van der Waals surface area (Å²) >= 11 is 0. The molecule has 4 heteroatoms. The van der Waals surface area contributed by atoms with Crippen LogP contribution < -0.4 is 9.47 Å². The number of ether oxygens (including phenoxy) is 2. The number of nitrogens with zero attached hydrogens (tertiary/aromatic N) is 1. The Balaban J connectivity index is 1.86. The minimum atomic E-state index is 0.243. The summed E-state index contributed by atoms with van der Waals surface area (Å²) in [5.41, 5.74) is 2.41. The number of benzene rings is 2. The van der Waals surface area contributed by atoms with E-state index in [9.17, 15) is 4.79 Å². The molecule has 0 fully saturated rings. The maximum absolute atomic E-state index is 13.0. The van der Waals surface area contributed by atoms with Crippen LogP contribution in [0.3, 0.4) is 0 Å². The van der Waals surface area contributed by atoms with Crippen LogP contribution in [0.1, 0.15) is 63.5 Å². The fourth-order valence-electron chi connectivity index (χ4n) is 3.47. The maximum atomic E-state index is 13.0. The Morgan fingerprint density at radius 2 is 1.39 bits per heavy atom. The second-order valence-electron chi connectivity index (χ2n) is 8.03. The van der Waals surface area contributed by atoms with Gasteiger partial charge in [0.25, 0.3) is 0 Å². The summed E-state index contributed by atoms with van der Waals surface area (Å²) in [4.78, 5) is 15.0. The quantitative estimate of drug-likeness (QED) is 0.325. The molecule has 170 valence electrons. The molecule has 0 N–H and O–H groups in total. The van der Waals surface area contributed by atoms with Gasteiger partial charge in [-0.05, 0) is 61.1 Å². The molecule has 0 unspecified atom stereocenters. The first-order valence-corrected chi connectivity index (χ1v) is 11.8. The van der Waals surface area contributed by atoms with Crippen LogP contribution in [0.4, 0.5) is 0 Å². The lowest BCUT2D eigenvalue weighted by molar-refractivity contribution is -0.131. The summed E-state index contributed by atoms with van der Waals surface area (Å²) in [7, 11) is 1.68. The van der Waals surface area contributed by atoms with Crippen molar-refractivity contribution in [3.05, 3.63) is 59.7 Å². The van der Waals surface area contributed by atoms with Gasteiger partial charge in [-0.1, -0.05) is 57.4 Å². The number of aryl methyl sites for hydroxylation is 1. The van der Waals surface area contributed by atoms with E-state index in [0.717, 1.165) is 76.1 Å². The summed E-state index contributed by atoms with van der Waals surface area (Å²) in [6.45, 7) is 6.71. The van der Waals surface area contributed by atoms with E-state index in [1.165, 1.54) is 11.1 Å². The molecule has 1 amide bonds. The first kappa shape index (κ1) is 24.8. The zero-order valence-corrected chi connectivity index (χ0v) is 19.6. The van der Waals surface area contributed by atoms with Gasteiger partial charge in [-0.3, -0.25) is 4.79 Å². The molecule has 2 aromatic carbocycles. The van der Waals surface area contributed by atoms with Crippen molar-refractivity contribution in [1.29, 1.82) is 0 Å². The molecule has 0 aliphatic carbocycles. The first-order valence-electron chi connectivity index (χ1n) is 11.8. The number of hydrogen-bond donors (Lipinski definition) is 0. The van der Waals surface area contributed by atoms with Gasteiger partial charge >= 0.3 is 0 Å². The van der Waals surface area contributed by atoms with E-state index >= 15 is 0 Å². The predicted octanol–water partition coefficient (Wildman–Crippen LogP) is 6.07. The Bertz CT molecular complexity index is 740.